The van der Waals surface area contributed by atoms with Crippen LogP contribution in [0.1, 0.15) is 58.3 Å². The predicted octanol–water partition coefficient (Wildman–Crippen LogP) is 2.87. The lowest BCUT2D eigenvalue weighted by atomic mass is 9.83. The third kappa shape index (κ3) is 2.77. The van der Waals surface area contributed by atoms with E-state index in [1.165, 1.54) is 37.5 Å². The van der Waals surface area contributed by atoms with Crippen LogP contribution in [0, 0.1) is 5.92 Å². The van der Waals surface area contributed by atoms with Crippen LogP contribution in [0.4, 0.5) is 0 Å². The van der Waals surface area contributed by atoms with Gasteiger partial charge < -0.3 is 4.74 Å². The minimum Gasteiger partial charge on any atom is -0.461 e. The Morgan fingerprint density at radius 2 is 2.17 bits per heavy atom. The van der Waals surface area contributed by atoms with Gasteiger partial charge in [-0.25, -0.2) is 9.78 Å². The van der Waals surface area contributed by atoms with Gasteiger partial charge in [0.05, 0.1) is 11.6 Å². The van der Waals surface area contributed by atoms with Crippen LogP contribution in [-0.4, -0.2) is 23.3 Å². The van der Waals surface area contributed by atoms with Gasteiger partial charge in [0.1, 0.15) is 4.88 Å². The largest absolute Gasteiger partial charge is 0.461 e. The standard InChI is InChI=1S/C13H17NO3S/c1-3-17-13(16)11-12(8(2)15)18-10(14-11)7-9-5-4-6-9/h9H,3-7H2,1-2H3. The predicted molar refractivity (Wildman–Crippen MR) is 69.1 cm³/mol. The fraction of sp³-hybridized carbons (Fsp3) is 0.615. The van der Waals surface area contributed by atoms with Crippen molar-refractivity contribution in [2.75, 3.05) is 6.61 Å². The first-order valence-corrected chi connectivity index (χ1v) is 7.11. The van der Waals surface area contributed by atoms with E-state index in [1.54, 1.807) is 6.92 Å². The molecule has 2 rings (SSSR count). The van der Waals surface area contributed by atoms with Crippen molar-refractivity contribution in [1.29, 1.82) is 0 Å². The molecule has 1 saturated carbocycles. The third-order valence-corrected chi connectivity index (χ3v) is 4.33. The molecule has 1 aliphatic rings. The minimum absolute atomic E-state index is 0.115. The second-order valence-electron chi connectivity index (χ2n) is 4.56. The second kappa shape index (κ2) is 5.61. The van der Waals surface area contributed by atoms with Crippen LogP contribution in [0.5, 0.6) is 0 Å². The smallest absolute Gasteiger partial charge is 0.358 e. The maximum Gasteiger partial charge on any atom is 0.358 e. The first kappa shape index (κ1) is 13.2. The van der Waals surface area contributed by atoms with E-state index >= 15 is 0 Å². The van der Waals surface area contributed by atoms with Crippen molar-refractivity contribution in [3.63, 3.8) is 0 Å². The molecule has 1 heterocycles. The molecule has 0 radical (unpaired) electrons. The molecule has 0 saturated heterocycles. The summed E-state index contributed by atoms with van der Waals surface area (Å²) in [7, 11) is 0. The van der Waals surface area contributed by atoms with Gasteiger partial charge in [-0.1, -0.05) is 19.3 Å². The van der Waals surface area contributed by atoms with Crippen molar-refractivity contribution in [1.82, 2.24) is 4.98 Å². The number of hydrogen-bond acceptors (Lipinski definition) is 5. The van der Waals surface area contributed by atoms with Crippen LogP contribution in [0.3, 0.4) is 0 Å². The van der Waals surface area contributed by atoms with Gasteiger partial charge in [-0.3, -0.25) is 4.79 Å². The Hall–Kier alpha value is -1.23. The Labute approximate surface area is 110 Å². The SMILES string of the molecule is CCOC(=O)c1nc(CC2CCC2)sc1C(C)=O. The Morgan fingerprint density at radius 1 is 1.44 bits per heavy atom. The number of carbonyl (C=O) groups excluding carboxylic acids is 2. The lowest BCUT2D eigenvalue weighted by Gasteiger charge is -2.23. The van der Waals surface area contributed by atoms with E-state index in [4.69, 9.17) is 4.74 Å². The van der Waals surface area contributed by atoms with Gasteiger partial charge in [0.15, 0.2) is 11.5 Å². The molecule has 18 heavy (non-hydrogen) atoms. The molecule has 98 valence electrons. The molecule has 1 aliphatic carbocycles. The first-order valence-electron chi connectivity index (χ1n) is 6.29. The number of esters is 1. The van der Waals surface area contributed by atoms with Crippen molar-refractivity contribution in [2.45, 2.75) is 39.5 Å². The highest BCUT2D eigenvalue weighted by molar-refractivity contribution is 7.14. The Morgan fingerprint density at radius 3 is 2.67 bits per heavy atom. The summed E-state index contributed by atoms with van der Waals surface area (Å²) < 4.78 is 4.93. The van der Waals surface area contributed by atoms with Crippen molar-refractivity contribution < 1.29 is 14.3 Å². The fourth-order valence-electron chi connectivity index (χ4n) is 1.97. The van der Waals surface area contributed by atoms with Gasteiger partial charge in [-0.2, -0.15) is 0 Å². The summed E-state index contributed by atoms with van der Waals surface area (Å²) in [6.45, 7) is 3.50. The summed E-state index contributed by atoms with van der Waals surface area (Å²) in [4.78, 5) is 28.0. The van der Waals surface area contributed by atoms with E-state index in [-0.39, 0.29) is 11.5 Å². The number of aromatic nitrogens is 1. The van der Waals surface area contributed by atoms with E-state index in [0.717, 1.165) is 11.4 Å². The Balaban J connectivity index is 2.19. The molecular formula is C13H17NO3S. The molecular weight excluding hydrogens is 250 g/mol. The molecule has 0 atom stereocenters. The number of thiazole rings is 1. The number of ether oxygens (including phenoxy) is 1. The quantitative estimate of drug-likeness (QED) is 0.608. The van der Waals surface area contributed by atoms with E-state index in [1.807, 2.05) is 0 Å². The van der Waals surface area contributed by atoms with Crippen molar-refractivity contribution in [2.24, 2.45) is 5.92 Å². The molecule has 0 N–H and O–H groups in total. The number of ketones is 1. The lowest BCUT2D eigenvalue weighted by Crippen LogP contribution is -2.14. The normalized spacial score (nSPS) is 15.2. The van der Waals surface area contributed by atoms with E-state index in [0.29, 0.717) is 17.4 Å². The lowest BCUT2D eigenvalue weighted by molar-refractivity contribution is 0.0517. The molecule has 1 fully saturated rings. The van der Waals surface area contributed by atoms with Crippen LogP contribution in [0.15, 0.2) is 0 Å². The Bertz CT molecular complexity index is 463. The topological polar surface area (TPSA) is 56.3 Å². The van der Waals surface area contributed by atoms with Crippen molar-refractivity contribution >= 4 is 23.1 Å². The fourth-order valence-corrected chi connectivity index (χ4v) is 3.03. The van der Waals surface area contributed by atoms with E-state index in [2.05, 4.69) is 4.98 Å². The van der Waals surface area contributed by atoms with Gasteiger partial charge >= 0.3 is 5.97 Å². The molecule has 4 nitrogen and oxygen atoms in total. The number of Topliss-reactive ketones (excluding diaryl/α,β-unsaturated/α-hetero) is 1. The molecule has 5 heteroatoms. The highest BCUT2D eigenvalue weighted by Gasteiger charge is 2.25. The monoisotopic (exact) mass is 267 g/mol. The molecule has 0 bridgehead atoms. The maximum absolute atomic E-state index is 11.7. The molecule has 0 amide bonds. The summed E-state index contributed by atoms with van der Waals surface area (Å²) >= 11 is 1.34. The molecule has 1 aromatic heterocycles. The summed E-state index contributed by atoms with van der Waals surface area (Å²) in [6, 6.07) is 0. The van der Waals surface area contributed by atoms with Crippen LogP contribution in [-0.2, 0) is 11.2 Å². The van der Waals surface area contributed by atoms with Crippen molar-refractivity contribution in [3.05, 3.63) is 15.6 Å². The number of rotatable bonds is 5. The molecule has 1 aromatic rings. The van der Waals surface area contributed by atoms with Gasteiger partial charge in [-0.05, 0) is 12.8 Å². The highest BCUT2D eigenvalue weighted by atomic mass is 32.1. The van der Waals surface area contributed by atoms with Crippen molar-refractivity contribution in [3.8, 4) is 0 Å². The van der Waals surface area contributed by atoms with E-state index in [9.17, 15) is 9.59 Å². The van der Waals surface area contributed by atoms with Crippen LogP contribution < -0.4 is 0 Å². The van der Waals surface area contributed by atoms with Crippen LogP contribution in [0.25, 0.3) is 0 Å². The van der Waals surface area contributed by atoms with E-state index < -0.39 is 5.97 Å². The number of nitrogens with zero attached hydrogens (tertiary/aromatic N) is 1. The maximum atomic E-state index is 11.7. The average Bonchev–Trinajstić information content (AvgIpc) is 2.68. The highest BCUT2D eigenvalue weighted by Crippen LogP contribution is 2.32. The van der Waals surface area contributed by atoms with Gasteiger partial charge in [0.2, 0.25) is 0 Å². The Kier molecular flexibility index (Phi) is 4.11. The third-order valence-electron chi connectivity index (χ3n) is 3.15. The summed E-state index contributed by atoms with van der Waals surface area (Å²) in [5.74, 6) is 0.0697. The van der Waals surface area contributed by atoms with Gasteiger partial charge in [0, 0.05) is 13.3 Å². The zero-order valence-corrected chi connectivity index (χ0v) is 11.5. The zero-order chi connectivity index (χ0) is 13.1. The summed E-state index contributed by atoms with van der Waals surface area (Å²) in [5, 5.41) is 0.882. The number of carbonyl (C=O) groups is 2. The molecule has 0 aliphatic heterocycles. The van der Waals surface area contributed by atoms with Crippen LogP contribution >= 0.6 is 11.3 Å². The van der Waals surface area contributed by atoms with Gasteiger partial charge in [0.25, 0.3) is 0 Å². The molecule has 0 spiro atoms. The van der Waals surface area contributed by atoms with Gasteiger partial charge in [-0.15, -0.1) is 11.3 Å². The first-order chi connectivity index (χ1) is 8.61. The average molecular weight is 267 g/mol. The number of hydrogen-bond donors (Lipinski definition) is 0. The summed E-state index contributed by atoms with van der Waals surface area (Å²) in [6.07, 6.45) is 4.61. The summed E-state index contributed by atoms with van der Waals surface area (Å²) in [5.41, 5.74) is 0.198. The van der Waals surface area contributed by atoms with Crippen LogP contribution in [0.2, 0.25) is 0 Å². The molecule has 0 aromatic carbocycles. The minimum atomic E-state index is -0.487. The molecule has 0 unspecified atom stereocenters. The zero-order valence-electron chi connectivity index (χ0n) is 10.7. The second-order valence-corrected chi connectivity index (χ2v) is 5.65.